The van der Waals surface area contributed by atoms with E-state index in [9.17, 15) is 0 Å². The van der Waals surface area contributed by atoms with Crippen molar-refractivity contribution in [1.29, 1.82) is 0 Å². The Hall–Kier alpha value is -6.78. The molecule has 2 aromatic heterocycles. The van der Waals surface area contributed by atoms with E-state index in [1.807, 2.05) is 0 Å². The highest BCUT2D eigenvalue weighted by atomic mass is 15.1. The van der Waals surface area contributed by atoms with Crippen molar-refractivity contribution in [1.82, 2.24) is 14.5 Å². The van der Waals surface area contributed by atoms with E-state index < -0.39 is 0 Å². The quantitative estimate of drug-likeness (QED) is 0.166. The van der Waals surface area contributed by atoms with Gasteiger partial charge in [-0.3, -0.25) is 0 Å². The van der Waals surface area contributed by atoms with Crippen molar-refractivity contribution in [3.63, 3.8) is 0 Å². The number of aryl methyl sites for hydroxylation is 4. The molecule has 4 heteroatoms. The highest BCUT2D eigenvalue weighted by molar-refractivity contribution is 6.11. The number of hydrogen-bond donors (Lipinski definition) is 0. The van der Waals surface area contributed by atoms with Crippen LogP contribution in [0.1, 0.15) is 22.3 Å². The van der Waals surface area contributed by atoms with Gasteiger partial charge in [0.25, 0.3) is 0 Å². The summed E-state index contributed by atoms with van der Waals surface area (Å²) < 4.78 is 2.44. The van der Waals surface area contributed by atoms with Crippen LogP contribution in [0.2, 0.25) is 0 Å². The van der Waals surface area contributed by atoms with Crippen molar-refractivity contribution < 1.29 is 0 Å². The highest BCUT2D eigenvalue weighted by Gasteiger charge is 2.20. The lowest BCUT2D eigenvalue weighted by Gasteiger charge is -2.25. The van der Waals surface area contributed by atoms with Crippen molar-refractivity contribution in [2.24, 2.45) is 0 Å². The molecule has 0 amide bonds. The van der Waals surface area contributed by atoms with Crippen molar-refractivity contribution in [3.8, 4) is 39.6 Å². The lowest BCUT2D eigenvalue weighted by Crippen LogP contribution is -2.09. The molecule has 0 fully saturated rings. The molecule has 0 radical (unpaired) electrons. The van der Waals surface area contributed by atoms with Gasteiger partial charge in [0, 0.05) is 44.5 Å². The number of hydrogen-bond acceptors (Lipinski definition) is 3. The topological polar surface area (TPSA) is 34.0 Å². The molecule has 260 valence electrons. The van der Waals surface area contributed by atoms with Gasteiger partial charge in [-0.1, -0.05) is 103 Å². The number of benzene rings is 7. The van der Waals surface area contributed by atoms with Crippen molar-refractivity contribution >= 4 is 38.9 Å². The van der Waals surface area contributed by atoms with Gasteiger partial charge in [0.2, 0.25) is 0 Å². The zero-order valence-electron chi connectivity index (χ0n) is 31.0. The van der Waals surface area contributed by atoms with Crippen LogP contribution >= 0.6 is 0 Å². The third kappa shape index (κ3) is 5.82. The predicted molar refractivity (Wildman–Crippen MR) is 226 cm³/mol. The number of para-hydroxylation sites is 3. The summed E-state index contributed by atoms with van der Waals surface area (Å²) in [4.78, 5) is 12.7. The first kappa shape index (κ1) is 33.1. The average Bonchev–Trinajstić information content (AvgIpc) is 3.52. The van der Waals surface area contributed by atoms with Gasteiger partial charge < -0.3 is 9.47 Å². The Labute approximate surface area is 316 Å². The molecular formula is C50H40N4. The Morgan fingerprint density at radius 3 is 1.59 bits per heavy atom. The monoisotopic (exact) mass is 696 g/mol. The van der Waals surface area contributed by atoms with Crippen molar-refractivity contribution in [2.45, 2.75) is 27.7 Å². The average molecular weight is 697 g/mol. The van der Waals surface area contributed by atoms with E-state index in [0.29, 0.717) is 0 Å². The molecule has 0 saturated carbocycles. The van der Waals surface area contributed by atoms with Crippen LogP contribution in [0.15, 0.2) is 170 Å². The number of aromatic nitrogens is 3. The van der Waals surface area contributed by atoms with Crippen molar-refractivity contribution in [3.05, 3.63) is 192 Å². The first-order valence-corrected chi connectivity index (χ1v) is 18.5. The second-order valence-electron chi connectivity index (χ2n) is 14.1. The molecule has 7 aromatic carbocycles. The predicted octanol–water partition coefficient (Wildman–Crippen LogP) is 13.3. The summed E-state index contributed by atoms with van der Waals surface area (Å²) in [6.45, 7) is 8.71. The number of rotatable bonds is 7. The summed E-state index contributed by atoms with van der Waals surface area (Å²) >= 11 is 0. The maximum Gasteiger partial charge on any atom is 0.160 e. The molecule has 0 N–H and O–H groups in total. The molecule has 0 unspecified atom stereocenters. The van der Waals surface area contributed by atoms with Gasteiger partial charge in [-0.15, -0.1) is 0 Å². The van der Waals surface area contributed by atoms with Crippen LogP contribution in [0.5, 0.6) is 0 Å². The number of fused-ring (bicyclic) bond motifs is 3. The summed E-state index contributed by atoms with van der Waals surface area (Å²) in [5.41, 5.74) is 16.7. The minimum atomic E-state index is 0.737. The molecule has 54 heavy (non-hydrogen) atoms. The molecule has 9 aromatic rings. The minimum Gasteiger partial charge on any atom is -0.310 e. The van der Waals surface area contributed by atoms with Gasteiger partial charge in [0.05, 0.1) is 28.1 Å². The van der Waals surface area contributed by atoms with Gasteiger partial charge >= 0.3 is 0 Å². The first-order valence-electron chi connectivity index (χ1n) is 18.5. The van der Waals surface area contributed by atoms with Gasteiger partial charge in [-0.25, -0.2) is 9.97 Å². The zero-order valence-corrected chi connectivity index (χ0v) is 31.0. The Kier molecular flexibility index (Phi) is 8.36. The summed E-state index contributed by atoms with van der Waals surface area (Å²) in [6, 6.07) is 60.3. The summed E-state index contributed by atoms with van der Waals surface area (Å²) in [5, 5.41) is 2.43. The van der Waals surface area contributed by atoms with E-state index in [0.717, 1.165) is 56.5 Å². The van der Waals surface area contributed by atoms with E-state index in [-0.39, 0.29) is 0 Å². The Morgan fingerprint density at radius 1 is 0.407 bits per heavy atom. The second kappa shape index (κ2) is 13.6. The lowest BCUT2D eigenvalue weighted by molar-refractivity contribution is 1.12. The maximum atomic E-state index is 5.22. The fourth-order valence-corrected chi connectivity index (χ4v) is 7.94. The fraction of sp³-hybridized carbons (Fsp3) is 0.0800. The van der Waals surface area contributed by atoms with Crippen LogP contribution in [-0.2, 0) is 0 Å². The first-order chi connectivity index (χ1) is 26.4. The van der Waals surface area contributed by atoms with Crippen LogP contribution in [0.25, 0.3) is 61.4 Å². The van der Waals surface area contributed by atoms with Crippen LogP contribution in [0.4, 0.5) is 17.1 Å². The fourth-order valence-electron chi connectivity index (χ4n) is 7.94. The van der Waals surface area contributed by atoms with Gasteiger partial charge in [0.1, 0.15) is 0 Å². The minimum absolute atomic E-state index is 0.737. The van der Waals surface area contributed by atoms with Crippen LogP contribution in [0.3, 0.4) is 0 Å². The van der Waals surface area contributed by atoms with E-state index in [2.05, 4.69) is 207 Å². The lowest BCUT2D eigenvalue weighted by atomic mass is 9.99. The smallest absolute Gasteiger partial charge is 0.160 e. The maximum absolute atomic E-state index is 5.22. The summed E-state index contributed by atoms with van der Waals surface area (Å²) in [5.74, 6) is 0.737. The molecule has 0 aliphatic rings. The molecule has 4 nitrogen and oxygen atoms in total. The summed E-state index contributed by atoms with van der Waals surface area (Å²) in [6.07, 6.45) is 0. The highest BCUT2D eigenvalue weighted by Crippen LogP contribution is 2.41. The van der Waals surface area contributed by atoms with Crippen molar-refractivity contribution in [2.75, 3.05) is 4.90 Å². The SMILES string of the molecule is Cc1ccccc1-c1cc(-c2cc(C)c(-n3c4ccccc4c4cc(N(c5ccccc5)c5ccccc5)ccc43)c(C)c2)nc(-c2ccccc2C)n1. The number of nitrogens with zero attached hydrogens (tertiary/aromatic N) is 4. The largest absolute Gasteiger partial charge is 0.310 e. The third-order valence-corrected chi connectivity index (χ3v) is 10.5. The van der Waals surface area contributed by atoms with E-state index in [4.69, 9.17) is 9.97 Å². The molecule has 9 rings (SSSR count). The molecular weight excluding hydrogens is 657 g/mol. The van der Waals surface area contributed by atoms with Gasteiger partial charge in [-0.2, -0.15) is 0 Å². The van der Waals surface area contributed by atoms with Crippen LogP contribution in [-0.4, -0.2) is 14.5 Å². The molecule has 2 heterocycles. The molecule has 0 spiro atoms. The van der Waals surface area contributed by atoms with Gasteiger partial charge in [-0.05, 0) is 117 Å². The Balaban J connectivity index is 1.21. The van der Waals surface area contributed by atoms with Crippen LogP contribution in [0, 0.1) is 27.7 Å². The molecule has 0 saturated heterocycles. The third-order valence-electron chi connectivity index (χ3n) is 10.5. The Morgan fingerprint density at radius 2 is 0.944 bits per heavy atom. The summed E-state index contributed by atoms with van der Waals surface area (Å²) in [7, 11) is 0. The molecule has 0 bridgehead atoms. The molecule has 0 aliphatic carbocycles. The van der Waals surface area contributed by atoms with Crippen LogP contribution < -0.4 is 4.90 Å². The second-order valence-corrected chi connectivity index (χ2v) is 14.1. The van der Waals surface area contributed by atoms with Gasteiger partial charge in [0.15, 0.2) is 5.82 Å². The van der Waals surface area contributed by atoms with E-state index in [1.54, 1.807) is 0 Å². The molecule has 0 aliphatic heterocycles. The van der Waals surface area contributed by atoms with E-state index >= 15 is 0 Å². The normalized spacial score (nSPS) is 11.3. The Bertz CT molecular complexity index is 2690. The van der Waals surface area contributed by atoms with E-state index in [1.165, 1.54) is 44.2 Å². The number of anilines is 3. The zero-order chi connectivity index (χ0) is 36.8. The molecule has 0 atom stereocenters. The standard InChI is InChI=1S/C50H40N4/c1-33-17-11-13-23-41(33)46-32-45(51-50(52-46)42-24-14-12-18-34(42)2)37-29-35(3)49(36(4)30-37)54-47-26-16-15-25-43(47)44-31-40(27-28-48(44)54)53(38-19-7-5-8-20-38)39-21-9-6-10-22-39/h5-32H,1-4H3.